The maximum Gasteiger partial charge on any atom is 0.266 e. The minimum atomic E-state index is -0.985. The molecule has 2 N–H and O–H groups in total. The molecule has 3 amide bonds. The summed E-state index contributed by atoms with van der Waals surface area (Å²) in [6.45, 7) is 5.01. The summed E-state index contributed by atoms with van der Waals surface area (Å²) in [7, 11) is 0. The zero-order chi connectivity index (χ0) is 28.2. The number of anilines is 2. The average molecular weight is 550 g/mol. The van der Waals surface area contributed by atoms with Gasteiger partial charge >= 0.3 is 0 Å². The molecule has 0 atom stereocenters. The molecule has 3 heterocycles. The second-order valence-electron chi connectivity index (χ2n) is 9.76. The zero-order valence-electron chi connectivity index (χ0n) is 21.8. The van der Waals surface area contributed by atoms with E-state index >= 15 is 0 Å². The van der Waals surface area contributed by atoms with Gasteiger partial charge in [-0.05, 0) is 68.3 Å². The lowest BCUT2D eigenvalue weighted by Gasteiger charge is -2.35. The second kappa shape index (κ2) is 11.8. The number of benzene rings is 2. The van der Waals surface area contributed by atoms with Crippen molar-refractivity contribution >= 4 is 29.2 Å². The van der Waals surface area contributed by atoms with Gasteiger partial charge in [0, 0.05) is 38.4 Å². The van der Waals surface area contributed by atoms with Gasteiger partial charge in [0.15, 0.2) is 0 Å². The van der Waals surface area contributed by atoms with E-state index < -0.39 is 29.4 Å². The van der Waals surface area contributed by atoms with Crippen LogP contribution in [0, 0.1) is 11.6 Å². The number of hydrogen-bond donors (Lipinski definition) is 1. The van der Waals surface area contributed by atoms with Gasteiger partial charge in [-0.1, -0.05) is 0 Å². The first-order valence-electron chi connectivity index (χ1n) is 13.2. The number of aromatic nitrogens is 1. The van der Waals surface area contributed by atoms with Gasteiger partial charge in [0.1, 0.15) is 23.2 Å². The summed E-state index contributed by atoms with van der Waals surface area (Å²) < 4.78 is 33.3. The van der Waals surface area contributed by atoms with Crippen LogP contribution in [0.25, 0.3) is 0 Å². The van der Waals surface area contributed by atoms with Gasteiger partial charge < -0.3 is 15.4 Å². The summed E-state index contributed by atoms with van der Waals surface area (Å²) in [4.78, 5) is 46.5. The molecule has 5 rings (SSSR count). The molecular weight excluding hydrogens is 520 g/mol. The summed E-state index contributed by atoms with van der Waals surface area (Å²) in [5.41, 5.74) is 5.67. The fourth-order valence-electron chi connectivity index (χ4n) is 4.91. The lowest BCUT2D eigenvalue weighted by atomic mass is 10.1. The fourth-order valence-corrected chi connectivity index (χ4v) is 4.91. The van der Waals surface area contributed by atoms with E-state index in [0.29, 0.717) is 24.0 Å². The molecule has 0 saturated carbocycles. The number of carbonyl (C=O) groups is 3. The summed E-state index contributed by atoms with van der Waals surface area (Å²) >= 11 is 0. The van der Waals surface area contributed by atoms with Gasteiger partial charge in [-0.15, -0.1) is 0 Å². The van der Waals surface area contributed by atoms with E-state index in [9.17, 15) is 23.2 Å². The highest BCUT2D eigenvalue weighted by molar-refractivity contribution is 6.34. The Labute approximate surface area is 230 Å². The van der Waals surface area contributed by atoms with Crippen molar-refractivity contribution in [1.29, 1.82) is 0 Å². The number of fused-ring (bicyclic) bond motifs is 1. The van der Waals surface area contributed by atoms with Gasteiger partial charge in [0.2, 0.25) is 5.91 Å². The molecular formula is C29H29F2N5O4. The third-order valence-electron chi connectivity index (χ3n) is 7.12. The van der Waals surface area contributed by atoms with Gasteiger partial charge in [-0.2, -0.15) is 0 Å². The number of halogens is 2. The third-order valence-corrected chi connectivity index (χ3v) is 7.12. The minimum Gasteiger partial charge on any atom is -0.494 e. The van der Waals surface area contributed by atoms with Crippen molar-refractivity contribution < 1.29 is 27.9 Å². The van der Waals surface area contributed by atoms with Crippen molar-refractivity contribution in [2.45, 2.75) is 19.3 Å². The summed E-state index contributed by atoms with van der Waals surface area (Å²) in [6, 6.07) is 10.8. The van der Waals surface area contributed by atoms with E-state index in [2.05, 4.69) is 14.8 Å². The molecule has 2 aliphatic rings. The quantitative estimate of drug-likeness (QED) is 0.304. The number of piperazine rings is 1. The van der Waals surface area contributed by atoms with Crippen LogP contribution in [-0.4, -0.2) is 66.9 Å². The van der Waals surface area contributed by atoms with Crippen molar-refractivity contribution in [2.24, 2.45) is 5.73 Å². The molecule has 208 valence electrons. The molecule has 0 unspecified atom stereocenters. The van der Waals surface area contributed by atoms with E-state index in [-0.39, 0.29) is 16.8 Å². The number of rotatable bonds is 10. The van der Waals surface area contributed by atoms with Gasteiger partial charge in [0.05, 0.1) is 29.0 Å². The molecule has 0 spiro atoms. The molecule has 1 fully saturated rings. The van der Waals surface area contributed by atoms with Crippen LogP contribution in [0.3, 0.4) is 0 Å². The molecule has 3 aromatic rings. The third kappa shape index (κ3) is 5.79. The Morgan fingerprint density at radius 1 is 0.900 bits per heavy atom. The largest absolute Gasteiger partial charge is 0.494 e. The molecule has 0 radical (unpaired) electrons. The van der Waals surface area contributed by atoms with Crippen molar-refractivity contribution in [3.63, 3.8) is 0 Å². The predicted octanol–water partition coefficient (Wildman–Crippen LogP) is 3.63. The lowest BCUT2D eigenvalue weighted by molar-refractivity contribution is 0.0923. The molecule has 40 heavy (non-hydrogen) atoms. The van der Waals surface area contributed by atoms with Crippen LogP contribution in [0.5, 0.6) is 5.75 Å². The fraction of sp³-hybridized carbons (Fsp3) is 0.310. The first-order valence-corrected chi connectivity index (χ1v) is 13.2. The lowest BCUT2D eigenvalue weighted by Crippen LogP contribution is -2.46. The van der Waals surface area contributed by atoms with Gasteiger partial charge in [-0.25, -0.2) is 18.7 Å². The monoisotopic (exact) mass is 549 g/mol. The van der Waals surface area contributed by atoms with Crippen LogP contribution in [-0.2, 0) is 0 Å². The first-order chi connectivity index (χ1) is 19.3. The number of carbonyl (C=O) groups excluding carboxylic acids is 3. The highest BCUT2D eigenvalue weighted by atomic mass is 19.1. The molecule has 1 saturated heterocycles. The Hall–Kier alpha value is -4.38. The Kier molecular flexibility index (Phi) is 8.01. The van der Waals surface area contributed by atoms with Crippen LogP contribution in [0.1, 0.15) is 50.3 Å². The van der Waals surface area contributed by atoms with Crippen LogP contribution < -0.4 is 20.3 Å². The van der Waals surface area contributed by atoms with Crippen LogP contribution in [0.15, 0.2) is 54.7 Å². The number of ether oxygens (including phenoxy) is 1. The van der Waals surface area contributed by atoms with Crippen LogP contribution >= 0.6 is 0 Å². The highest BCUT2D eigenvalue weighted by Gasteiger charge is 2.38. The maximum absolute atomic E-state index is 14.2. The molecule has 11 heteroatoms. The molecule has 0 bridgehead atoms. The Bertz CT molecular complexity index is 1420. The molecule has 0 aliphatic carbocycles. The number of nitrogens with zero attached hydrogens (tertiary/aromatic N) is 4. The van der Waals surface area contributed by atoms with E-state index in [1.807, 2.05) is 6.07 Å². The number of hydrogen-bond acceptors (Lipinski definition) is 7. The normalized spacial score (nSPS) is 15.4. The van der Waals surface area contributed by atoms with Crippen molar-refractivity contribution in [3.05, 3.63) is 83.1 Å². The molecule has 2 aliphatic heterocycles. The van der Waals surface area contributed by atoms with Crippen molar-refractivity contribution in [3.8, 4) is 5.75 Å². The zero-order valence-corrected chi connectivity index (χ0v) is 21.8. The van der Waals surface area contributed by atoms with Gasteiger partial charge in [-0.3, -0.25) is 19.3 Å². The number of imide groups is 1. The Morgan fingerprint density at radius 3 is 2.38 bits per heavy atom. The number of nitrogens with two attached hydrogens (primary N) is 1. The Morgan fingerprint density at radius 2 is 1.68 bits per heavy atom. The molecule has 1 aromatic heterocycles. The number of unbranched alkanes of at least 4 members (excludes halogenated alkanes) is 2. The number of amides is 3. The Balaban J connectivity index is 1.03. The first kappa shape index (κ1) is 27.2. The predicted molar refractivity (Wildman–Crippen MR) is 145 cm³/mol. The topological polar surface area (TPSA) is 109 Å². The SMILES string of the molecule is NC(=O)c1ccc(N2CCN(CCCCCOc3ccc4c(c3)C(=O)N(c3ccc(F)cc3F)C4=O)CC2)nc1. The maximum atomic E-state index is 14.2. The molecule has 9 nitrogen and oxygen atoms in total. The smallest absolute Gasteiger partial charge is 0.266 e. The summed E-state index contributed by atoms with van der Waals surface area (Å²) in [6.07, 6.45) is 4.32. The molecule has 2 aromatic carbocycles. The standard InChI is InChI=1S/C29H29F2N5O4/c30-20-5-8-25(24(31)16-20)36-28(38)22-7-6-21(17-23(22)29(36)39)40-15-3-1-2-10-34-11-13-35(14-12-34)26-9-4-19(18-33-26)27(32)37/h4-9,16-18H,1-3,10-15H2,(H2,32,37). The minimum absolute atomic E-state index is 0.129. The van der Waals surface area contributed by atoms with Crippen molar-refractivity contribution in [1.82, 2.24) is 9.88 Å². The average Bonchev–Trinajstić information content (AvgIpc) is 3.20. The van der Waals surface area contributed by atoms with E-state index in [0.717, 1.165) is 74.8 Å². The van der Waals surface area contributed by atoms with Crippen molar-refractivity contribution in [2.75, 3.05) is 49.1 Å². The van der Waals surface area contributed by atoms with Crippen LogP contribution in [0.4, 0.5) is 20.3 Å². The van der Waals surface area contributed by atoms with E-state index in [1.54, 1.807) is 12.1 Å². The second-order valence-corrected chi connectivity index (χ2v) is 9.76. The summed E-state index contributed by atoms with van der Waals surface area (Å²) in [5.74, 6) is -2.30. The summed E-state index contributed by atoms with van der Waals surface area (Å²) in [5, 5.41) is 0. The highest BCUT2D eigenvalue weighted by Crippen LogP contribution is 2.32. The number of pyridine rings is 1. The van der Waals surface area contributed by atoms with Crippen LogP contribution in [0.2, 0.25) is 0 Å². The van der Waals surface area contributed by atoms with E-state index in [4.69, 9.17) is 10.5 Å². The van der Waals surface area contributed by atoms with E-state index in [1.165, 1.54) is 18.3 Å². The van der Waals surface area contributed by atoms with Gasteiger partial charge in [0.25, 0.3) is 11.8 Å². The number of primary amides is 1.